The summed E-state index contributed by atoms with van der Waals surface area (Å²) in [5.41, 5.74) is 1.08. The van der Waals surface area contributed by atoms with Gasteiger partial charge in [-0.2, -0.15) is 0 Å². The highest BCUT2D eigenvalue weighted by Crippen LogP contribution is 2.15. The normalized spacial score (nSPS) is 12.1. The lowest BCUT2D eigenvalue weighted by molar-refractivity contribution is 0.0937. The fourth-order valence-electron chi connectivity index (χ4n) is 1.54. The average Bonchev–Trinajstić information content (AvgIpc) is 2.93. The van der Waals surface area contributed by atoms with Gasteiger partial charge in [0.1, 0.15) is 5.69 Å². The quantitative estimate of drug-likeness (QED) is 0.838. The summed E-state index contributed by atoms with van der Waals surface area (Å²) in [6, 6.07) is 6.84. The van der Waals surface area contributed by atoms with Crippen LogP contribution in [0.25, 0.3) is 0 Å². The molecule has 0 saturated heterocycles. The molecule has 0 unspecified atom stereocenters. The Bertz CT molecular complexity index is 482. The Balaban J connectivity index is 1.77. The molecule has 0 radical (unpaired) electrons. The molecule has 1 atom stereocenters. The SMILES string of the molecule is O=C(NCC[C@H](O)c1ccoc1)c1ccccn1. The van der Waals surface area contributed by atoms with E-state index in [0.29, 0.717) is 24.2 Å². The standard InChI is InChI=1S/C13H14N2O3/c16-12(10-5-8-18-9-10)4-7-15-13(17)11-3-1-2-6-14-11/h1-3,5-6,8-9,12,16H,4,7H2,(H,15,17)/t12-/m0/s1. The average molecular weight is 246 g/mol. The summed E-state index contributed by atoms with van der Waals surface area (Å²) in [6.45, 7) is 0.377. The predicted molar refractivity (Wildman–Crippen MR) is 64.9 cm³/mol. The first kappa shape index (κ1) is 12.3. The second-order valence-electron chi connectivity index (χ2n) is 3.83. The summed E-state index contributed by atoms with van der Waals surface area (Å²) in [6.07, 6.45) is 4.36. The molecule has 2 aromatic heterocycles. The number of nitrogens with one attached hydrogen (secondary N) is 1. The maximum atomic E-state index is 11.6. The van der Waals surface area contributed by atoms with E-state index in [1.54, 1.807) is 30.5 Å². The van der Waals surface area contributed by atoms with Gasteiger partial charge < -0.3 is 14.8 Å². The van der Waals surface area contributed by atoms with E-state index in [0.717, 1.165) is 0 Å². The Labute approximate surface area is 104 Å². The molecule has 0 aliphatic carbocycles. The Morgan fingerprint density at radius 2 is 2.33 bits per heavy atom. The van der Waals surface area contributed by atoms with E-state index >= 15 is 0 Å². The van der Waals surface area contributed by atoms with Gasteiger partial charge in [-0.1, -0.05) is 6.07 Å². The number of hydrogen-bond donors (Lipinski definition) is 2. The van der Waals surface area contributed by atoms with Crippen LogP contribution in [0.5, 0.6) is 0 Å². The van der Waals surface area contributed by atoms with Crippen molar-refractivity contribution in [3.63, 3.8) is 0 Å². The van der Waals surface area contributed by atoms with Crippen LogP contribution in [0.15, 0.2) is 47.4 Å². The Kier molecular flexibility index (Phi) is 4.09. The van der Waals surface area contributed by atoms with E-state index in [9.17, 15) is 9.90 Å². The topological polar surface area (TPSA) is 75.4 Å². The van der Waals surface area contributed by atoms with Gasteiger partial charge in [-0.15, -0.1) is 0 Å². The largest absolute Gasteiger partial charge is 0.472 e. The van der Waals surface area contributed by atoms with Crippen LogP contribution in [0.4, 0.5) is 0 Å². The molecule has 5 heteroatoms. The number of amides is 1. The molecule has 1 amide bonds. The first-order chi connectivity index (χ1) is 8.77. The maximum Gasteiger partial charge on any atom is 0.269 e. The molecule has 94 valence electrons. The van der Waals surface area contributed by atoms with E-state index in [-0.39, 0.29) is 5.91 Å². The highest BCUT2D eigenvalue weighted by atomic mass is 16.3. The van der Waals surface area contributed by atoms with Crippen molar-refractivity contribution in [3.05, 3.63) is 54.2 Å². The molecular formula is C13H14N2O3. The summed E-state index contributed by atoms with van der Waals surface area (Å²) in [5.74, 6) is -0.241. The Hall–Kier alpha value is -2.14. The van der Waals surface area contributed by atoms with E-state index in [2.05, 4.69) is 10.3 Å². The summed E-state index contributed by atoms with van der Waals surface area (Å²) >= 11 is 0. The maximum absolute atomic E-state index is 11.6. The summed E-state index contributed by atoms with van der Waals surface area (Å²) in [4.78, 5) is 15.6. The lowest BCUT2D eigenvalue weighted by Gasteiger charge is -2.09. The minimum absolute atomic E-state index is 0.241. The Morgan fingerprint density at radius 1 is 1.44 bits per heavy atom. The molecule has 0 aliphatic rings. The molecule has 0 fully saturated rings. The van der Waals surface area contributed by atoms with Crippen LogP contribution in [-0.2, 0) is 0 Å². The first-order valence-electron chi connectivity index (χ1n) is 5.67. The van der Waals surface area contributed by atoms with Gasteiger partial charge in [0.15, 0.2) is 0 Å². The predicted octanol–water partition coefficient (Wildman–Crippen LogP) is 1.53. The number of carbonyl (C=O) groups is 1. The number of nitrogens with zero attached hydrogens (tertiary/aromatic N) is 1. The van der Waals surface area contributed by atoms with Gasteiger partial charge in [-0.25, -0.2) is 0 Å². The highest BCUT2D eigenvalue weighted by molar-refractivity contribution is 5.92. The molecule has 2 aromatic rings. The number of pyridine rings is 1. The number of aliphatic hydroxyl groups excluding tert-OH is 1. The summed E-state index contributed by atoms with van der Waals surface area (Å²) in [5, 5.41) is 12.5. The van der Waals surface area contributed by atoms with Gasteiger partial charge in [-0.3, -0.25) is 9.78 Å². The number of aromatic nitrogens is 1. The zero-order valence-corrected chi connectivity index (χ0v) is 9.74. The molecule has 2 N–H and O–H groups in total. The minimum Gasteiger partial charge on any atom is -0.472 e. The van der Waals surface area contributed by atoms with Crippen molar-refractivity contribution in [2.75, 3.05) is 6.54 Å². The van der Waals surface area contributed by atoms with Crippen molar-refractivity contribution in [1.82, 2.24) is 10.3 Å². The molecule has 0 saturated carbocycles. The van der Waals surface area contributed by atoms with Crippen LogP contribution in [0.2, 0.25) is 0 Å². The molecule has 0 aromatic carbocycles. The smallest absolute Gasteiger partial charge is 0.269 e. The lowest BCUT2D eigenvalue weighted by Crippen LogP contribution is -2.26. The Morgan fingerprint density at radius 3 is 3.00 bits per heavy atom. The van der Waals surface area contributed by atoms with Gasteiger partial charge >= 0.3 is 0 Å². The van der Waals surface area contributed by atoms with Gasteiger partial charge in [0.05, 0.1) is 18.6 Å². The minimum atomic E-state index is -0.632. The van der Waals surface area contributed by atoms with Crippen molar-refractivity contribution in [2.24, 2.45) is 0 Å². The van der Waals surface area contributed by atoms with E-state index < -0.39 is 6.10 Å². The fourth-order valence-corrected chi connectivity index (χ4v) is 1.54. The first-order valence-corrected chi connectivity index (χ1v) is 5.67. The highest BCUT2D eigenvalue weighted by Gasteiger charge is 2.10. The van der Waals surface area contributed by atoms with E-state index in [1.807, 2.05) is 0 Å². The van der Waals surface area contributed by atoms with Crippen molar-refractivity contribution in [3.8, 4) is 0 Å². The number of carbonyl (C=O) groups excluding carboxylic acids is 1. The van der Waals surface area contributed by atoms with Crippen molar-refractivity contribution >= 4 is 5.91 Å². The van der Waals surface area contributed by atoms with Crippen molar-refractivity contribution in [1.29, 1.82) is 0 Å². The zero-order valence-electron chi connectivity index (χ0n) is 9.74. The third kappa shape index (κ3) is 3.18. The van der Waals surface area contributed by atoms with Crippen LogP contribution >= 0.6 is 0 Å². The summed E-state index contributed by atoms with van der Waals surface area (Å²) in [7, 11) is 0. The van der Waals surface area contributed by atoms with Crippen LogP contribution in [0, 0.1) is 0 Å². The van der Waals surface area contributed by atoms with Crippen molar-refractivity contribution in [2.45, 2.75) is 12.5 Å². The zero-order chi connectivity index (χ0) is 12.8. The monoisotopic (exact) mass is 246 g/mol. The van der Waals surface area contributed by atoms with Crippen LogP contribution in [0.1, 0.15) is 28.6 Å². The third-order valence-corrected chi connectivity index (χ3v) is 2.53. The van der Waals surface area contributed by atoms with E-state index in [1.165, 1.54) is 12.5 Å². The fraction of sp³-hybridized carbons (Fsp3) is 0.231. The van der Waals surface area contributed by atoms with Gasteiger partial charge in [0.25, 0.3) is 5.91 Å². The number of rotatable bonds is 5. The molecule has 5 nitrogen and oxygen atoms in total. The molecule has 2 rings (SSSR count). The number of hydrogen-bond acceptors (Lipinski definition) is 4. The van der Waals surface area contributed by atoms with Crippen LogP contribution in [0.3, 0.4) is 0 Å². The molecule has 2 heterocycles. The van der Waals surface area contributed by atoms with E-state index in [4.69, 9.17) is 4.42 Å². The molecule has 0 spiro atoms. The van der Waals surface area contributed by atoms with Gasteiger partial charge in [0.2, 0.25) is 0 Å². The number of furan rings is 1. The number of aliphatic hydroxyl groups is 1. The van der Waals surface area contributed by atoms with Crippen LogP contribution in [-0.4, -0.2) is 22.5 Å². The summed E-state index contributed by atoms with van der Waals surface area (Å²) < 4.78 is 4.88. The second-order valence-corrected chi connectivity index (χ2v) is 3.83. The van der Waals surface area contributed by atoms with Crippen molar-refractivity contribution < 1.29 is 14.3 Å². The van der Waals surface area contributed by atoms with Gasteiger partial charge in [0, 0.05) is 18.3 Å². The molecule has 0 bridgehead atoms. The van der Waals surface area contributed by atoms with Crippen LogP contribution < -0.4 is 5.32 Å². The molecular weight excluding hydrogens is 232 g/mol. The molecule has 0 aliphatic heterocycles. The van der Waals surface area contributed by atoms with Gasteiger partial charge in [-0.05, 0) is 24.6 Å². The lowest BCUT2D eigenvalue weighted by atomic mass is 10.1. The second kappa shape index (κ2) is 5.97. The molecule has 18 heavy (non-hydrogen) atoms. The third-order valence-electron chi connectivity index (χ3n) is 2.53.